The van der Waals surface area contributed by atoms with Crippen molar-refractivity contribution >= 4 is 31.9 Å². The highest BCUT2D eigenvalue weighted by Gasteiger charge is 2.20. The Morgan fingerprint density at radius 3 is 2.35 bits per heavy atom. The van der Waals surface area contributed by atoms with E-state index in [4.69, 9.17) is 4.42 Å². The highest BCUT2D eigenvalue weighted by molar-refractivity contribution is 9.10. The Kier molecular flexibility index (Phi) is 5.47. The van der Waals surface area contributed by atoms with Crippen molar-refractivity contribution in [2.24, 2.45) is 0 Å². The van der Waals surface area contributed by atoms with Crippen LogP contribution in [-0.2, 0) is 0 Å². The maximum absolute atomic E-state index is 5.67. The predicted molar refractivity (Wildman–Crippen MR) is 90.2 cm³/mol. The van der Waals surface area contributed by atoms with Crippen LogP contribution < -0.4 is 5.32 Å². The third-order valence-electron chi connectivity index (χ3n) is 3.30. The fourth-order valence-electron chi connectivity index (χ4n) is 2.31. The molecule has 0 amide bonds. The van der Waals surface area contributed by atoms with Gasteiger partial charge in [0, 0.05) is 4.47 Å². The van der Waals surface area contributed by atoms with E-state index in [9.17, 15) is 0 Å². The molecule has 0 saturated carbocycles. The van der Waals surface area contributed by atoms with Crippen LogP contribution in [-0.4, -0.2) is 6.54 Å². The minimum Gasteiger partial charge on any atom is -0.466 e. The fraction of sp³-hybridized carbons (Fsp3) is 0.375. The van der Waals surface area contributed by atoms with Crippen LogP contribution in [0.4, 0.5) is 0 Å². The van der Waals surface area contributed by atoms with Crippen LogP contribution in [0.2, 0.25) is 0 Å². The zero-order valence-corrected chi connectivity index (χ0v) is 15.1. The minimum absolute atomic E-state index is 0.0739. The van der Waals surface area contributed by atoms with E-state index >= 15 is 0 Å². The molecule has 0 radical (unpaired) electrons. The van der Waals surface area contributed by atoms with Gasteiger partial charge in [0.2, 0.25) is 0 Å². The maximum Gasteiger partial charge on any atom is 0.139 e. The van der Waals surface area contributed by atoms with Gasteiger partial charge in [0.15, 0.2) is 0 Å². The molecule has 1 N–H and O–H groups in total. The van der Waals surface area contributed by atoms with Gasteiger partial charge in [-0.05, 0) is 65.5 Å². The monoisotopic (exact) mass is 399 g/mol. The van der Waals surface area contributed by atoms with Crippen LogP contribution in [0.5, 0.6) is 0 Å². The number of rotatable bonds is 5. The van der Waals surface area contributed by atoms with E-state index in [-0.39, 0.29) is 6.04 Å². The molecule has 20 heavy (non-hydrogen) atoms. The summed E-state index contributed by atoms with van der Waals surface area (Å²) in [6, 6.07) is 6.43. The Bertz CT molecular complexity index is 569. The van der Waals surface area contributed by atoms with Crippen molar-refractivity contribution in [3.63, 3.8) is 0 Å². The quantitative estimate of drug-likeness (QED) is 0.715. The van der Waals surface area contributed by atoms with Gasteiger partial charge in [-0.2, -0.15) is 0 Å². The molecule has 2 aromatic rings. The molecule has 0 fully saturated rings. The summed E-state index contributed by atoms with van der Waals surface area (Å²) in [7, 11) is 0. The lowest BCUT2D eigenvalue weighted by atomic mass is 9.99. The number of aryl methyl sites for hydroxylation is 2. The average molecular weight is 401 g/mol. The summed E-state index contributed by atoms with van der Waals surface area (Å²) in [4.78, 5) is 0. The second-order valence-corrected chi connectivity index (χ2v) is 6.64. The number of nitrogens with one attached hydrogen (secondary N) is 1. The summed E-state index contributed by atoms with van der Waals surface area (Å²) in [5.41, 5.74) is 3.71. The molecule has 1 atom stereocenters. The third kappa shape index (κ3) is 3.35. The smallest absolute Gasteiger partial charge is 0.139 e. The molecule has 1 aromatic carbocycles. The highest BCUT2D eigenvalue weighted by Crippen LogP contribution is 2.32. The molecule has 0 aliphatic rings. The van der Waals surface area contributed by atoms with E-state index in [1.165, 1.54) is 21.2 Å². The van der Waals surface area contributed by atoms with E-state index in [0.29, 0.717) is 0 Å². The van der Waals surface area contributed by atoms with Gasteiger partial charge in [-0.25, -0.2) is 0 Å². The SMILES string of the molecule is CCCNC(c1cc(C)c(Br)c(C)c1)c1occc1Br. The van der Waals surface area contributed by atoms with Crippen LogP contribution >= 0.6 is 31.9 Å². The van der Waals surface area contributed by atoms with Crippen LogP contribution in [0.1, 0.15) is 41.8 Å². The van der Waals surface area contributed by atoms with Gasteiger partial charge in [-0.15, -0.1) is 0 Å². The van der Waals surface area contributed by atoms with Crippen LogP contribution in [0.3, 0.4) is 0 Å². The molecule has 0 bridgehead atoms. The van der Waals surface area contributed by atoms with E-state index < -0.39 is 0 Å². The largest absolute Gasteiger partial charge is 0.466 e. The minimum atomic E-state index is 0.0739. The number of benzene rings is 1. The maximum atomic E-state index is 5.67. The first kappa shape index (κ1) is 15.8. The lowest BCUT2D eigenvalue weighted by Crippen LogP contribution is -2.23. The van der Waals surface area contributed by atoms with Crippen LogP contribution in [0, 0.1) is 13.8 Å². The second-order valence-electron chi connectivity index (χ2n) is 4.99. The summed E-state index contributed by atoms with van der Waals surface area (Å²) in [6.45, 7) is 7.36. The van der Waals surface area contributed by atoms with E-state index in [1.807, 2.05) is 6.07 Å². The van der Waals surface area contributed by atoms with Gasteiger partial charge in [-0.3, -0.25) is 0 Å². The fourth-order valence-corrected chi connectivity index (χ4v) is 2.97. The van der Waals surface area contributed by atoms with Crippen LogP contribution in [0.15, 0.2) is 37.8 Å². The average Bonchev–Trinajstić information content (AvgIpc) is 2.83. The van der Waals surface area contributed by atoms with Crippen molar-refractivity contribution in [1.82, 2.24) is 5.32 Å². The highest BCUT2D eigenvalue weighted by atomic mass is 79.9. The predicted octanol–water partition coefficient (Wildman–Crippen LogP) is 5.51. The lowest BCUT2D eigenvalue weighted by molar-refractivity contribution is 0.444. The molecule has 2 nitrogen and oxygen atoms in total. The van der Waals surface area contributed by atoms with Gasteiger partial charge in [0.25, 0.3) is 0 Å². The van der Waals surface area contributed by atoms with Crippen molar-refractivity contribution in [2.75, 3.05) is 6.54 Å². The molecule has 108 valence electrons. The van der Waals surface area contributed by atoms with Crippen molar-refractivity contribution in [2.45, 2.75) is 33.2 Å². The first-order valence-corrected chi connectivity index (χ1v) is 8.36. The van der Waals surface area contributed by atoms with Gasteiger partial charge in [0.1, 0.15) is 5.76 Å². The lowest BCUT2D eigenvalue weighted by Gasteiger charge is -2.19. The first-order chi connectivity index (χ1) is 9.54. The zero-order valence-electron chi connectivity index (χ0n) is 12.0. The Balaban J connectivity index is 2.44. The van der Waals surface area contributed by atoms with Crippen molar-refractivity contribution in [3.8, 4) is 0 Å². The normalized spacial score (nSPS) is 12.7. The molecule has 0 saturated heterocycles. The second kappa shape index (κ2) is 6.92. The molecule has 1 aromatic heterocycles. The van der Waals surface area contributed by atoms with Gasteiger partial charge in [-0.1, -0.05) is 35.0 Å². The zero-order chi connectivity index (χ0) is 14.7. The van der Waals surface area contributed by atoms with Crippen LogP contribution in [0.25, 0.3) is 0 Å². The van der Waals surface area contributed by atoms with E-state index in [1.54, 1.807) is 6.26 Å². The molecule has 2 rings (SSSR count). The van der Waals surface area contributed by atoms with Crippen molar-refractivity contribution < 1.29 is 4.42 Å². The van der Waals surface area contributed by atoms with E-state index in [0.717, 1.165) is 23.2 Å². The summed E-state index contributed by atoms with van der Waals surface area (Å²) in [5, 5.41) is 3.56. The molecule has 4 heteroatoms. The Morgan fingerprint density at radius 1 is 1.20 bits per heavy atom. The number of furan rings is 1. The van der Waals surface area contributed by atoms with Crippen molar-refractivity contribution in [1.29, 1.82) is 0 Å². The van der Waals surface area contributed by atoms with Crippen molar-refractivity contribution in [3.05, 3.63) is 55.9 Å². The molecular formula is C16H19Br2NO. The summed E-state index contributed by atoms with van der Waals surface area (Å²) >= 11 is 7.19. The molecular weight excluding hydrogens is 382 g/mol. The Morgan fingerprint density at radius 2 is 1.85 bits per heavy atom. The van der Waals surface area contributed by atoms with E-state index in [2.05, 4.69) is 70.1 Å². The number of hydrogen-bond donors (Lipinski definition) is 1. The summed E-state index contributed by atoms with van der Waals surface area (Å²) in [6.07, 6.45) is 2.81. The van der Waals surface area contributed by atoms with Gasteiger partial charge in [0.05, 0.1) is 16.8 Å². The molecule has 0 aliphatic carbocycles. The first-order valence-electron chi connectivity index (χ1n) is 6.77. The van der Waals surface area contributed by atoms with Gasteiger partial charge >= 0.3 is 0 Å². The standard InChI is InChI=1S/C16H19Br2NO/c1-4-6-19-15(16-13(17)5-7-20-16)12-8-10(2)14(18)11(3)9-12/h5,7-9,15,19H,4,6H2,1-3H3. The Labute approximate surface area is 137 Å². The third-order valence-corrected chi connectivity index (χ3v) is 5.20. The number of hydrogen-bond acceptors (Lipinski definition) is 2. The molecule has 0 spiro atoms. The molecule has 0 aliphatic heterocycles. The molecule has 1 heterocycles. The summed E-state index contributed by atoms with van der Waals surface area (Å²) < 4.78 is 7.85. The van der Waals surface area contributed by atoms with Gasteiger partial charge < -0.3 is 9.73 Å². The number of halogens is 2. The topological polar surface area (TPSA) is 25.2 Å². The summed E-state index contributed by atoms with van der Waals surface area (Å²) in [5.74, 6) is 0.930. The molecule has 1 unspecified atom stereocenters. The Hall–Kier alpha value is -0.580.